The maximum absolute atomic E-state index is 13.5. The molecule has 0 radical (unpaired) electrons. The fourth-order valence-corrected chi connectivity index (χ4v) is 6.18. The molecule has 1 aliphatic heterocycles. The van der Waals surface area contributed by atoms with Crippen LogP contribution in [0.25, 0.3) is 0 Å². The minimum absolute atomic E-state index is 0.172. The molecule has 1 aromatic heterocycles. The summed E-state index contributed by atoms with van der Waals surface area (Å²) in [6, 6.07) is 11.2. The van der Waals surface area contributed by atoms with Gasteiger partial charge in [-0.25, -0.2) is 9.18 Å². The molecule has 0 aliphatic carbocycles. The summed E-state index contributed by atoms with van der Waals surface area (Å²) in [4.78, 5) is 52.4. The lowest BCUT2D eigenvalue weighted by Crippen LogP contribution is -2.39. The van der Waals surface area contributed by atoms with Crippen molar-refractivity contribution in [2.75, 3.05) is 7.11 Å². The molecule has 3 atom stereocenters. The van der Waals surface area contributed by atoms with E-state index < -0.39 is 40.6 Å². The molecular weight excluding hydrogens is 457 g/mol. The van der Waals surface area contributed by atoms with Gasteiger partial charge >= 0.3 is 16.8 Å². The second-order valence-corrected chi connectivity index (χ2v) is 9.24. The third-order valence-electron chi connectivity index (χ3n) is 5.22. The number of fused-ring (bicyclic) bond motifs is 1. The average Bonchev–Trinajstić information content (AvgIpc) is 3.17. The van der Waals surface area contributed by atoms with Crippen molar-refractivity contribution < 1.29 is 28.6 Å². The van der Waals surface area contributed by atoms with Gasteiger partial charge in [-0.2, -0.15) is 0 Å². The van der Waals surface area contributed by atoms with Gasteiger partial charge in [-0.1, -0.05) is 35.2 Å². The summed E-state index contributed by atoms with van der Waals surface area (Å²) in [5, 5.41) is 9.13. The minimum atomic E-state index is -1.20. The van der Waals surface area contributed by atoms with Crippen LogP contribution in [-0.4, -0.2) is 40.2 Å². The van der Waals surface area contributed by atoms with Crippen LogP contribution in [0.5, 0.6) is 0 Å². The molecule has 4 rings (SSSR count). The number of ether oxygens (including phenoxy) is 1. The number of Topliss-reactive ketones (excluding diaryl/α,β-unsaturated/α-hetero) is 1. The highest BCUT2D eigenvalue weighted by molar-refractivity contribution is 8.00. The first kappa shape index (κ1) is 22.0. The van der Waals surface area contributed by atoms with E-state index >= 15 is 0 Å². The van der Waals surface area contributed by atoms with Crippen LogP contribution in [0.2, 0.25) is 0 Å². The van der Waals surface area contributed by atoms with E-state index in [-0.39, 0.29) is 10.4 Å². The van der Waals surface area contributed by atoms with Gasteiger partial charge in [-0.05, 0) is 42.0 Å². The number of carboxylic acids is 1. The number of aliphatic carboxylic acids is 1. The maximum Gasteiger partial charge on any atom is 0.337 e. The molecular formula is C22H16FNO6S2. The molecule has 3 aromatic rings. The molecule has 0 saturated heterocycles. The molecule has 32 heavy (non-hydrogen) atoms. The third-order valence-corrected chi connectivity index (χ3v) is 7.62. The Bertz CT molecular complexity index is 1250. The summed E-state index contributed by atoms with van der Waals surface area (Å²) in [5.41, 5.74) is 1.03. The van der Waals surface area contributed by atoms with Crippen LogP contribution in [0.1, 0.15) is 37.1 Å². The van der Waals surface area contributed by atoms with Gasteiger partial charge in [0.25, 0.3) is 0 Å². The first-order valence-corrected chi connectivity index (χ1v) is 11.1. The van der Waals surface area contributed by atoms with Crippen molar-refractivity contribution >= 4 is 40.8 Å². The molecule has 10 heteroatoms. The van der Waals surface area contributed by atoms with E-state index in [0.717, 1.165) is 35.2 Å². The topological polar surface area (TPSA) is 114 Å². The number of carbonyl (C=O) groups is 3. The Hall–Kier alpha value is -3.24. The van der Waals surface area contributed by atoms with Crippen molar-refractivity contribution in [3.05, 3.63) is 85.6 Å². The van der Waals surface area contributed by atoms with Gasteiger partial charge in [-0.15, -0.1) is 0 Å². The molecule has 2 N–H and O–H groups in total. The molecule has 1 aliphatic rings. The number of ketones is 1. The second kappa shape index (κ2) is 8.71. The van der Waals surface area contributed by atoms with E-state index in [2.05, 4.69) is 4.98 Å². The van der Waals surface area contributed by atoms with Gasteiger partial charge in [0.2, 0.25) is 0 Å². The summed E-state index contributed by atoms with van der Waals surface area (Å²) < 4.78 is 18.1. The quantitative estimate of drug-likeness (QED) is 0.430. The van der Waals surface area contributed by atoms with Crippen molar-refractivity contribution in [3.63, 3.8) is 0 Å². The number of hydrogen-bond donors (Lipinski definition) is 2. The predicted octanol–water partition coefficient (Wildman–Crippen LogP) is 3.55. The Kier molecular flexibility index (Phi) is 5.98. The largest absolute Gasteiger partial charge is 0.480 e. The highest BCUT2D eigenvalue weighted by atomic mass is 32.2. The number of carboxylic acid groups (broad SMARTS) is 1. The zero-order valence-electron chi connectivity index (χ0n) is 16.5. The Morgan fingerprint density at radius 3 is 2.25 bits per heavy atom. The Morgan fingerprint density at radius 2 is 1.66 bits per heavy atom. The molecule has 7 nitrogen and oxygen atoms in total. The summed E-state index contributed by atoms with van der Waals surface area (Å²) >= 11 is 1.83. The SMILES string of the molecule is COC(=O)c1ccc([C@H]2c3sc(=O)[nH]c3S[C@H](C(=O)O)[C@@H]2C(=O)c2ccc(F)cc2)cc1. The summed E-state index contributed by atoms with van der Waals surface area (Å²) in [6.07, 6.45) is 0. The zero-order valence-corrected chi connectivity index (χ0v) is 18.2. The zero-order chi connectivity index (χ0) is 23.0. The standard InChI is InChI=1S/C22H16FNO6S2/c1-30-21(28)12-4-2-10(3-5-12)14-15(16(25)11-6-8-13(23)9-7-11)18(20(26)27)31-19-17(14)32-22(29)24-19/h2-9,14-15,18H,1H3,(H,24,29)(H,26,27)/t14-,15+,18+/m1/s1. The molecule has 0 spiro atoms. The van der Waals surface area contributed by atoms with Crippen LogP contribution in [0.3, 0.4) is 0 Å². The highest BCUT2D eigenvalue weighted by Crippen LogP contribution is 2.50. The van der Waals surface area contributed by atoms with Crippen molar-refractivity contribution in [2.45, 2.75) is 16.2 Å². The third kappa shape index (κ3) is 3.98. The van der Waals surface area contributed by atoms with Crippen LogP contribution in [0.15, 0.2) is 58.4 Å². The van der Waals surface area contributed by atoms with Crippen LogP contribution < -0.4 is 4.87 Å². The van der Waals surface area contributed by atoms with Crippen LogP contribution >= 0.6 is 23.1 Å². The van der Waals surface area contributed by atoms with Crippen LogP contribution in [0.4, 0.5) is 4.39 Å². The number of aromatic amines is 1. The normalized spacial score (nSPS) is 19.8. The first-order chi connectivity index (χ1) is 15.3. The van der Waals surface area contributed by atoms with Gasteiger partial charge in [-0.3, -0.25) is 14.4 Å². The summed E-state index contributed by atoms with van der Waals surface area (Å²) in [5.74, 6) is -4.55. The van der Waals surface area contributed by atoms with Crippen LogP contribution in [0, 0.1) is 11.7 Å². The van der Waals surface area contributed by atoms with Gasteiger partial charge < -0.3 is 14.8 Å². The number of hydrogen-bond acceptors (Lipinski definition) is 7. The Labute approximate surface area is 189 Å². The molecule has 0 unspecified atom stereocenters. The lowest BCUT2D eigenvalue weighted by atomic mass is 9.77. The van der Waals surface area contributed by atoms with E-state index in [1.807, 2.05) is 0 Å². The number of H-pyrrole nitrogens is 1. The summed E-state index contributed by atoms with van der Waals surface area (Å²) in [6.45, 7) is 0. The molecule has 0 bridgehead atoms. The van der Waals surface area contributed by atoms with Crippen molar-refractivity contribution in [1.29, 1.82) is 0 Å². The van der Waals surface area contributed by atoms with Crippen molar-refractivity contribution in [1.82, 2.24) is 4.98 Å². The fraction of sp³-hybridized carbons (Fsp3) is 0.182. The molecule has 0 amide bonds. The van der Waals surface area contributed by atoms with E-state index in [1.165, 1.54) is 31.4 Å². The van der Waals surface area contributed by atoms with Gasteiger partial charge in [0, 0.05) is 16.4 Å². The van der Waals surface area contributed by atoms with E-state index in [4.69, 9.17) is 4.74 Å². The predicted molar refractivity (Wildman–Crippen MR) is 116 cm³/mol. The van der Waals surface area contributed by atoms with E-state index in [9.17, 15) is 28.7 Å². The highest BCUT2D eigenvalue weighted by Gasteiger charge is 2.47. The average molecular weight is 474 g/mol. The minimum Gasteiger partial charge on any atom is -0.480 e. The van der Waals surface area contributed by atoms with Gasteiger partial charge in [0.15, 0.2) is 5.78 Å². The Morgan fingerprint density at radius 1 is 1.03 bits per heavy atom. The molecule has 164 valence electrons. The van der Waals surface area contributed by atoms with Gasteiger partial charge in [0.05, 0.1) is 23.6 Å². The number of nitrogens with one attached hydrogen (secondary N) is 1. The number of rotatable bonds is 5. The first-order valence-electron chi connectivity index (χ1n) is 9.40. The second-order valence-electron chi connectivity index (χ2n) is 7.07. The molecule has 0 saturated carbocycles. The smallest absolute Gasteiger partial charge is 0.337 e. The monoisotopic (exact) mass is 473 g/mol. The van der Waals surface area contributed by atoms with Gasteiger partial charge in [0.1, 0.15) is 11.1 Å². The lowest BCUT2D eigenvalue weighted by Gasteiger charge is -2.34. The van der Waals surface area contributed by atoms with Crippen LogP contribution in [-0.2, 0) is 9.53 Å². The maximum atomic E-state index is 13.5. The Balaban J connectivity index is 1.87. The van der Waals surface area contributed by atoms with E-state index in [0.29, 0.717) is 21.0 Å². The molecule has 2 aromatic carbocycles. The molecule has 2 heterocycles. The molecule has 0 fully saturated rings. The fourth-order valence-electron chi connectivity index (χ4n) is 3.76. The number of esters is 1. The van der Waals surface area contributed by atoms with Crippen molar-refractivity contribution in [2.24, 2.45) is 5.92 Å². The number of benzene rings is 2. The number of carbonyl (C=O) groups excluding carboxylic acids is 2. The number of halogens is 1. The van der Waals surface area contributed by atoms with E-state index in [1.54, 1.807) is 12.1 Å². The number of thiazole rings is 1. The summed E-state index contributed by atoms with van der Waals surface area (Å²) in [7, 11) is 1.26. The number of thioether (sulfide) groups is 1. The number of methoxy groups -OCH3 is 1. The number of aromatic nitrogens is 1. The van der Waals surface area contributed by atoms with Crippen molar-refractivity contribution in [3.8, 4) is 0 Å². The lowest BCUT2D eigenvalue weighted by molar-refractivity contribution is -0.137.